The summed E-state index contributed by atoms with van der Waals surface area (Å²) < 4.78 is 11.3. The van der Waals surface area contributed by atoms with Gasteiger partial charge in [-0.15, -0.1) is 0 Å². The van der Waals surface area contributed by atoms with Gasteiger partial charge in [0.2, 0.25) is 0 Å². The first-order valence-electron chi connectivity index (χ1n) is 6.92. The number of esters is 1. The zero-order chi connectivity index (χ0) is 14.5. The highest BCUT2D eigenvalue weighted by molar-refractivity contribution is 9.10. The van der Waals surface area contributed by atoms with E-state index in [1.54, 1.807) is 19.1 Å². The Morgan fingerprint density at radius 3 is 3.00 bits per heavy atom. The Morgan fingerprint density at radius 2 is 2.40 bits per heavy atom. The van der Waals surface area contributed by atoms with E-state index in [-0.39, 0.29) is 5.97 Å². The van der Waals surface area contributed by atoms with Gasteiger partial charge >= 0.3 is 5.97 Å². The van der Waals surface area contributed by atoms with Gasteiger partial charge in [0.05, 0.1) is 18.8 Å². The third-order valence-corrected chi connectivity index (χ3v) is 4.19. The average molecular weight is 342 g/mol. The van der Waals surface area contributed by atoms with Crippen molar-refractivity contribution in [3.63, 3.8) is 0 Å². The van der Waals surface area contributed by atoms with Gasteiger partial charge in [-0.25, -0.2) is 4.79 Å². The maximum absolute atomic E-state index is 11.7. The highest BCUT2D eigenvalue weighted by Gasteiger charge is 2.22. The molecule has 2 rings (SSSR count). The number of rotatable bonds is 5. The SMILES string of the molecule is CCOC(=O)c1ccc(NC(C)C2CCOC2)c(Br)c1. The van der Waals surface area contributed by atoms with Crippen LogP contribution >= 0.6 is 15.9 Å². The molecule has 1 heterocycles. The van der Waals surface area contributed by atoms with Gasteiger partial charge in [0.15, 0.2) is 0 Å². The number of anilines is 1. The molecule has 1 fully saturated rings. The molecule has 1 aliphatic heterocycles. The van der Waals surface area contributed by atoms with Crippen LogP contribution in [0.1, 0.15) is 30.6 Å². The minimum atomic E-state index is -0.294. The van der Waals surface area contributed by atoms with Crippen LogP contribution in [0.3, 0.4) is 0 Å². The Balaban J connectivity index is 2.03. The number of nitrogens with one attached hydrogen (secondary N) is 1. The molecule has 0 aliphatic carbocycles. The number of ether oxygens (including phenoxy) is 2. The molecule has 5 heteroatoms. The molecular weight excluding hydrogens is 322 g/mol. The fourth-order valence-electron chi connectivity index (χ4n) is 2.28. The van der Waals surface area contributed by atoms with E-state index in [1.807, 2.05) is 6.07 Å². The Labute approximate surface area is 128 Å². The van der Waals surface area contributed by atoms with E-state index in [2.05, 4.69) is 28.2 Å². The first kappa shape index (κ1) is 15.3. The molecular formula is C15H20BrNO3. The number of hydrogen-bond donors (Lipinski definition) is 1. The van der Waals surface area contributed by atoms with Crippen LogP contribution in [-0.4, -0.2) is 31.8 Å². The molecule has 0 saturated carbocycles. The molecule has 1 aromatic carbocycles. The Kier molecular flexibility index (Phi) is 5.43. The maximum atomic E-state index is 11.7. The predicted molar refractivity (Wildman–Crippen MR) is 82.1 cm³/mol. The van der Waals surface area contributed by atoms with Gasteiger partial charge in [-0.3, -0.25) is 0 Å². The van der Waals surface area contributed by atoms with Crippen molar-refractivity contribution in [2.45, 2.75) is 26.3 Å². The smallest absolute Gasteiger partial charge is 0.338 e. The summed E-state index contributed by atoms with van der Waals surface area (Å²) in [6.07, 6.45) is 1.09. The van der Waals surface area contributed by atoms with Crippen LogP contribution in [0.15, 0.2) is 22.7 Å². The topological polar surface area (TPSA) is 47.6 Å². The van der Waals surface area contributed by atoms with Crippen LogP contribution < -0.4 is 5.32 Å². The van der Waals surface area contributed by atoms with Crippen molar-refractivity contribution in [1.29, 1.82) is 0 Å². The maximum Gasteiger partial charge on any atom is 0.338 e. The van der Waals surface area contributed by atoms with Gasteiger partial charge in [-0.2, -0.15) is 0 Å². The minimum absolute atomic E-state index is 0.294. The van der Waals surface area contributed by atoms with E-state index in [0.717, 1.165) is 29.8 Å². The first-order valence-corrected chi connectivity index (χ1v) is 7.72. The minimum Gasteiger partial charge on any atom is -0.462 e. The molecule has 0 bridgehead atoms. The summed E-state index contributed by atoms with van der Waals surface area (Å²) in [7, 11) is 0. The second-order valence-corrected chi connectivity index (χ2v) is 5.83. The van der Waals surface area contributed by atoms with Crippen LogP contribution in [0.5, 0.6) is 0 Å². The van der Waals surface area contributed by atoms with Crippen molar-refractivity contribution in [3.05, 3.63) is 28.2 Å². The zero-order valence-electron chi connectivity index (χ0n) is 11.8. The number of carbonyl (C=O) groups excluding carboxylic acids is 1. The lowest BCUT2D eigenvalue weighted by Crippen LogP contribution is -2.26. The van der Waals surface area contributed by atoms with Crippen LogP contribution in [0.2, 0.25) is 0 Å². The molecule has 2 unspecified atom stereocenters. The number of halogens is 1. The lowest BCUT2D eigenvalue weighted by molar-refractivity contribution is 0.0526. The monoisotopic (exact) mass is 341 g/mol. The second kappa shape index (κ2) is 7.09. The molecule has 4 nitrogen and oxygen atoms in total. The molecule has 20 heavy (non-hydrogen) atoms. The number of carbonyl (C=O) groups is 1. The highest BCUT2D eigenvalue weighted by atomic mass is 79.9. The Bertz CT molecular complexity index is 472. The van der Waals surface area contributed by atoms with Gasteiger partial charge in [0.1, 0.15) is 0 Å². The van der Waals surface area contributed by atoms with Gasteiger partial charge < -0.3 is 14.8 Å². The van der Waals surface area contributed by atoms with Crippen molar-refractivity contribution in [3.8, 4) is 0 Å². The Hall–Kier alpha value is -1.07. The van der Waals surface area contributed by atoms with Crippen molar-refractivity contribution < 1.29 is 14.3 Å². The summed E-state index contributed by atoms with van der Waals surface area (Å²) in [5.74, 6) is 0.239. The van der Waals surface area contributed by atoms with E-state index >= 15 is 0 Å². The summed E-state index contributed by atoms with van der Waals surface area (Å²) in [4.78, 5) is 11.7. The quantitative estimate of drug-likeness (QED) is 0.833. The zero-order valence-corrected chi connectivity index (χ0v) is 13.4. The van der Waals surface area contributed by atoms with E-state index in [1.165, 1.54) is 0 Å². The summed E-state index contributed by atoms with van der Waals surface area (Å²) >= 11 is 3.50. The predicted octanol–water partition coefficient (Wildman–Crippen LogP) is 3.46. The average Bonchev–Trinajstić information content (AvgIpc) is 2.95. The van der Waals surface area contributed by atoms with Gasteiger partial charge in [-0.1, -0.05) is 0 Å². The van der Waals surface area contributed by atoms with Gasteiger partial charge in [0.25, 0.3) is 0 Å². The van der Waals surface area contributed by atoms with Crippen molar-refractivity contribution in [2.75, 3.05) is 25.1 Å². The lowest BCUT2D eigenvalue weighted by Gasteiger charge is -2.21. The Morgan fingerprint density at radius 1 is 1.60 bits per heavy atom. The molecule has 2 atom stereocenters. The summed E-state index contributed by atoms with van der Waals surface area (Å²) in [6.45, 7) is 6.00. The summed E-state index contributed by atoms with van der Waals surface area (Å²) in [5, 5.41) is 3.47. The molecule has 1 saturated heterocycles. The fourth-order valence-corrected chi connectivity index (χ4v) is 2.78. The second-order valence-electron chi connectivity index (χ2n) is 4.97. The third kappa shape index (κ3) is 3.73. The molecule has 1 N–H and O–H groups in total. The normalized spacial score (nSPS) is 19.6. The number of hydrogen-bond acceptors (Lipinski definition) is 4. The summed E-state index contributed by atoms with van der Waals surface area (Å²) in [6, 6.07) is 5.81. The standard InChI is InChI=1S/C15H20BrNO3/c1-3-20-15(18)11-4-5-14(13(16)8-11)17-10(2)12-6-7-19-9-12/h4-5,8,10,12,17H,3,6-7,9H2,1-2H3. The van der Waals surface area contributed by atoms with Gasteiger partial charge in [0, 0.05) is 28.7 Å². The van der Waals surface area contributed by atoms with Crippen LogP contribution in [0, 0.1) is 5.92 Å². The third-order valence-electron chi connectivity index (χ3n) is 3.54. The van der Waals surface area contributed by atoms with Crippen molar-refractivity contribution >= 4 is 27.6 Å². The molecule has 0 spiro atoms. The summed E-state index contributed by atoms with van der Waals surface area (Å²) in [5.41, 5.74) is 1.54. The van der Waals surface area contributed by atoms with Gasteiger partial charge in [-0.05, 0) is 54.4 Å². The van der Waals surface area contributed by atoms with Crippen LogP contribution in [0.25, 0.3) is 0 Å². The van der Waals surface area contributed by atoms with E-state index < -0.39 is 0 Å². The van der Waals surface area contributed by atoms with E-state index in [0.29, 0.717) is 24.1 Å². The molecule has 0 amide bonds. The highest BCUT2D eigenvalue weighted by Crippen LogP contribution is 2.27. The van der Waals surface area contributed by atoms with Crippen molar-refractivity contribution in [1.82, 2.24) is 0 Å². The van der Waals surface area contributed by atoms with Crippen molar-refractivity contribution in [2.24, 2.45) is 5.92 Å². The van der Waals surface area contributed by atoms with Crippen LogP contribution in [-0.2, 0) is 9.47 Å². The van der Waals surface area contributed by atoms with E-state index in [9.17, 15) is 4.79 Å². The van der Waals surface area contributed by atoms with Crippen LogP contribution in [0.4, 0.5) is 5.69 Å². The molecule has 0 aromatic heterocycles. The molecule has 1 aromatic rings. The lowest BCUT2D eigenvalue weighted by atomic mass is 10.0. The first-order chi connectivity index (χ1) is 9.61. The fraction of sp³-hybridized carbons (Fsp3) is 0.533. The number of benzene rings is 1. The van der Waals surface area contributed by atoms with E-state index in [4.69, 9.17) is 9.47 Å². The molecule has 110 valence electrons. The molecule has 1 aliphatic rings. The largest absolute Gasteiger partial charge is 0.462 e. The molecule has 0 radical (unpaired) electrons.